The molecule has 0 aromatic heterocycles. The molecule has 2 atom stereocenters. The van der Waals surface area contributed by atoms with E-state index in [-0.39, 0.29) is 24.0 Å². The molecule has 1 aliphatic carbocycles. The van der Waals surface area contributed by atoms with E-state index in [1.54, 1.807) is 11.9 Å². The maximum Gasteiger partial charge on any atom is 0.323 e. The summed E-state index contributed by atoms with van der Waals surface area (Å²) in [6.45, 7) is 0.759. The summed E-state index contributed by atoms with van der Waals surface area (Å²) in [7, 11) is 3.18. The van der Waals surface area contributed by atoms with Gasteiger partial charge in [0, 0.05) is 13.6 Å². The van der Waals surface area contributed by atoms with E-state index in [4.69, 9.17) is 4.74 Å². The van der Waals surface area contributed by atoms with Gasteiger partial charge in [-0.3, -0.25) is 14.9 Å². The highest BCUT2D eigenvalue weighted by Gasteiger charge is 2.41. The zero-order valence-electron chi connectivity index (χ0n) is 9.73. The number of hydrogen-bond acceptors (Lipinski definition) is 4. The number of rotatable bonds is 4. The molecule has 2 aliphatic rings. The molecule has 90 valence electrons. The standard InChI is InChI=1S/C11H18N2O3/c1-13-6-5-8(10(13)14)12-9(7-3-4-7)11(15)16-2/h7-9,12H,3-6H2,1-2H3/t8-,9+/m0/s1. The second kappa shape index (κ2) is 4.41. The first-order chi connectivity index (χ1) is 7.63. The van der Waals surface area contributed by atoms with Crippen LogP contribution in [0.2, 0.25) is 0 Å². The van der Waals surface area contributed by atoms with E-state index in [0.29, 0.717) is 5.92 Å². The van der Waals surface area contributed by atoms with E-state index in [1.165, 1.54) is 7.11 Å². The molecule has 1 saturated carbocycles. The quantitative estimate of drug-likeness (QED) is 0.672. The van der Waals surface area contributed by atoms with E-state index in [9.17, 15) is 9.59 Å². The third kappa shape index (κ3) is 2.19. The van der Waals surface area contributed by atoms with Crippen molar-refractivity contribution in [3.05, 3.63) is 0 Å². The molecule has 1 amide bonds. The largest absolute Gasteiger partial charge is 0.468 e. The molecular weight excluding hydrogens is 208 g/mol. The van der Waals surface area contributed by atoms with Crippen LogP contribution in [0.25, 0.3) is 0 Å². The Labute approximate surface area is 95.1 Å². The Morgan fingerprint density at radius 3 is 2.62 bits per heavy atom. The number of hydrogen-bond donors (Lipinski definition) is 1. The van der Waals surface area contributed by atoms with Gasteiger partial charge >= 0.3 is 5.97 Å². The monoisotopic (exact) mass is 226 g/mol. The topological polar surface area (TPSA) is 58.6 Å². The summed E-state index contributed by atoms with van der Waals surface area (Å²) >= 11 is 0. The molecule has 0 unspecified atom stereocenters. The molecule has 5 nitrogen and oxygen atoms in total. The number of nitrogens with zero attached hydrogens (tertiary/aromatic N) is 1. The van der Waals surface area contributed by atoms with Gasteiger partial charge in [0.25, 0.3) is 0 Å². The molecule has 0 aromatic carbocycles. The second-order valence-electron chi connectivity index (χ2n) is 4.61. The average molecular weight is 226 g/mol. The maximum atomic E-state index is 11.7. The second-order valence-corrected chi connectivity index (χ2v) is 4.61. The van der Waals surface area contributed by atoms with Crippen LogP contribution in [0.5, 0.6) is 0 Å². The van der Waals surface area contributed by atoms with Gasteiger partial charge in [-0.25, -0.2) is 0 Å². The Balaban J connectivity index is 1.95. The minimum Gasteiger partial charge on any atom is -0.468 e. The van der Waals surface area contributed by atoms with Crippen molar-refractivity contribution in [3.8, 4) is 0 Å². The van der Waals surface area contributed by atoms with Crippen LogP contribution < -0.4 is 5.32 Å². The number of methoxy groups -OCH3 is 1. The zero-order chi connectivity index (χ0) is 11.7. The summed E-state index contributed by atoms with van der Waals surface area (Å²) in [6.07, 6.45) is 2.86. The molecular formula is C11H18N2O3. The number of esters is 1. The van der Waals surface area contributed by atoms with Crippen LogP contribution in [-0.4, -0.2) is 49.6 Å². The lowest BCUT2D eigenvalue weighted by molar-refractivity contribution is -0.144. The fourth-order valence-electron chi connectivity index (χ4n) is 2.15. The van der Waals surface area contributed by atoms with Gasteiger partial charge in [0.2, 0.25) is 5.91 Å². The minimum atomic E-state index is -0.301. The molecule has 2 fully saturated rings. The third-order valence-corrected chi connectivity index (χ3v) is 3.36. The Hall–Kier alpha value is -1.10. The van der Waals surface area contributed by atoms with Gasteiger partial charge in [-0.15, -0.1) is 0 Å². The molecule has 1 aliphatic heterocycles. The number of carbonyl (C=O) groups is 2. The zero-order valence-corrected chi connectivity index (χ0v) is 9.73. The summed E-state index contributed by atoms with van der Waals surface area (Å²) in [6, 6.07) is -0.514. The Bertz CT molecular complexity index is 302. The van der Waals surface area contributed by atoms with Crippen molar-refractivity contribution >= 4 is 11.9 Å². The highest BCUT2D eigenvalue weighted by Crippen LogP contribution is 2.33. The summed E-state index contributed by atoms with van der Waals surface area (Å²) in [5.74, 6) is 0.186. The van der Waals surface area contributed by atoms with Crippen LogP contribution in [0.15, 0.2) is 0 Å². The lowest BCUT2D eigenvalue weighted by atomic mass is 10.1. The van der Waals surface area contributed by atoms with Crippen molar-refractivity contribution < 1.29 is 14.3 Å². The van der Waals surface area contributed by atoms with E-state index in [1.807, 2.05) is 0 Å². The van der Waals surface area contributed by atoms with E-state index >= 15 is 0 Å². The van der Waals surface area contributed by atoms with Gasteiger partial charge in [-0.2, -0.15) is 0 Å². The van der Waals surface area contributed by atoms with E-state index in [2.05, 4.69) is 5.32 Å². The first-order valence-corrected chi connectivity index (χ1v) is 5.72. The molecule has 0 radical (unpaired) electrons. The summed E-state index contributed by atoms with van der Waals surface area (Å²) < 4.78 is 4.76. The van der Waals surface area contributed by atoms with Gasteiger partial charge < -0.3 is 9.64 Å². The van der Waals surface area contributed by atoms with Crippen LogP contribution in [0, 0.1) is 5.92 Å². The first kappa shape index (κ1) is 11.4. The van der Waals surface area contributed by atoms with Gasteiger partial charge in [0.1, 0.15) is 6.04 Å². The molecule has 0 aromatic rings. The highest BCUT2D eigenvalue weighted by molar-refractivity contribution is 5.85. The number of carbonyl (C=O) groups excluding carboxylic acids is 2. The fraction of sp³-hybridized carbons (Fsp3) is 0.818. The predicted molar refractivity (Wildman–Crippen MR) is 57.7 cm³/mol. The fourth-order valence-corrected chi connectivity index (χ4v) is 2.15. The molecule has 5 heteroatoms. The van der Waals surface area contributed by atoms with Crippen LogP contribution in [0.1, 0.15) is 19.3 Å². The van der Waals surface area contributed by atoms with Crippen LogP contribution in [0.4, 0.5) is 0 Å². The minimum absolute atomic E-state index is 0.0783. The third-order valence-electron chi connectivity index (χ3n) is 3.36. The van der Waals surface area contributed by atoms with Crippen molar-refractivity contribution in [2.45, 2.75) is 31.3 Å². The van der Waals surface area contributed by atoms with E-state index in [0.717, 1.165) is 25.8 Å². The summed E-state index contributed by atoms with van der Waals surface area (Å²) in [5, 5.41) is 3.14. The van der Waals surface area contributed by atoms with Gasteiger partial charge in [0.15, 0.2) is 0 Å². The summed E-state index contributed by atoms with van der Waals surface area (Å²) in [5.41, 5.74) is 0. The van der Waals surface area contributed by atoms with Gasteiger partial charge in [0.05, 0.1) is 13.2 Å². The predicted octanol–water partition coefficient (Wildman–Crippen LogP) is -0.242. The normalized spacial score (nSPS) is 27.0. The van der Waals surface area contributed by atoms with Gasteiger partial charge in [-0.1, -0.05) is 0 Å². The SMILES string of the molecule is COC(=O)[C@H](N[C@H]1CCN(C)C1=O)C1CC1. The molecule has 0 bridgehead atoms. The van der Waals surface area contributed by atoms with Crippen molar-refractivity contribution in [1.82, 2.24) is 10.2 Å². The van der Waals surface area contributed by atoms with Crippen molar-refractivity contribution in [2.75, 3.05) is 20.7 Å². The van der Waals surface area contributed by atoms with Crippen LogP contribution >= 0.6 is 0 Å². The lowest BCUT2D eigenvalue weighted by Gasteiger charge is -2.19. The van der Waals surface area contributed by atoms with Crippen LogP contribution in [0.3, 0.4) is 0 Å². The molecule has 16 heavy (non-hydrogen) atoms. The lowest BCUT2D eigenvalue weighted by Crippen LogP contribution is -2.48. The Morgan fingerprint density at radius 2 is 2.19 bits per heavy atom. The summed E-state index contributed by atoms with van der Waals surface area (Å²) in [4.78, 5) is 25.0. The smallest absolute Gasteiger partial charge is 0.323 e. The molecule has 1 N–H and O–H groups in total. The molecule has 1 heterocycles. The van der Waals surface area contributed by atoms with Gasteiger partial charge in [-0.05, 0) is 25.2 Å². The Kier molecular flexibility index (Phi) is 3.14. The first-order valence-electron chi connectivity index (χ1n) is 5.72. The average Bonchev–Trinajstić information content (AvgIpc) is 3.07. The highest BCUT2D eigenvalue weighted by atomic mass is 16.5. The number of likely N-dealkylation sites (tertiary alicyclic amines) is 1. The molecule has 1 saturated heterocycles. The maximum absolute atomic E-state index is 11.7. The number of ether oxygens (including phenoxy) is 1. The number of nitrogens with one attached hydrogen (secondary N) is 1. The van der Waals surface area contributed by atoms with Crippen molar-refractivity contribution in [3.63, 3.8) is 0 Å². The van der Waals surface area contributed by atoms with Crippen molar-refractivity contribution in [1.29, 1.82) is 0 Å². The molecule has 2 rings (SSSR count). The molecule has 0 spiro atoms. The number of amides is 1. The van der Waals surface area contributed by atoms with Crippen LogP contribution in [-0.2, 0) is 14.3 Å². The number of likely N-dealkylation sites (N-methyl/N-ethyl adjacent to an activating group) is 1. The van der Waals surface area contributed by atoms with E-state index < -0.39 is 0 Å². The van der Waals surface area contributed by atoms with Crippen molar-refractivity contribution in [2.24, 2.45) is 5.92 Å². The Morgan fingerprint density at radius 1 is 1.50 bits per heavy atom.